The van der Waals surface area contributed by atoms with Crippen molar-refractivity contribution in [1.29, 1.82) is 0 Å². The molecular formula is C16H21N5OS. The number of carbonyl (C=O) groups excluding carboxylic acids is 1. The number of thiazole rings is 1. The lowest BCUT2D eigenvalue weighted by atomic mass is 10.1. The fraction of sp³-hybridized carbons (Fsp3) is 0.500. The Kier molecular flexibility index (Phi) is 4.85. The highest BCUT2D eigenvalue weighted by Crippen LogP contribution is 2.18. The predicted molar refractivity (Wildman–Crippen MR) is 90.7 cm³/mol. The van der Waals surface area contributed by atoms with Crippen molar-refractivity contribution in [2.24, 2.45) is 0 Å². The van der Waals surface area contributed by atoms with E-state index in [4.69, 9.17) is 0 Å². The van der Waals surface area contributed by atoms with Gasteiger partial charge < -0.3 is 10.2 Å². The Morgan fingerprint density at radius 2 is 2.30 bits per heavy atom. The van der Waals surface area contributed by atoms with Gasteiger partial charge in [0.2, 0.25) is 5.91 Å². The number of nitrogens with zero attached hydrogens (tertiary/aromatic N) is 4. The van der Waals surface area contributed by atoms with Gasteiger partial charge in [-0.1, -0.05) is 0 Å². The summed E-state index contributed by atoms with van der Waals surface area (Å²) in [7, 11) is 0. The smallest absolute Gasteiger partial charge is 0.226 e. The van der Waals surface area contributed by atoms with Crippen molar-refractivity contribution in [3.8, 4) is 0 Å². The van der Waals surface area contributed by atoms with Crippen molar-refractivity contribution in [2.75, 3.05) is 18.0 Å². The number of rotatable bonds is 4. The summed E-state index contributed by atoms with van der Waals surface area (Å²) in [6, 6.07) is 0.151. The minimum Gasteiger partial charge on any atom is -0.353 e. The molecule has 1 unspecified atom stereocenters. The molecule has 23 heavy (non-hydrogen) atoms. The molecule has 3 rings (SSSR count). The van der Waals surface area contributed by atoms with E-state index in [0.717, 1.165) is 47.3 Å². The van der Waals surface area contributed by atoms with E-state index in [1.165, 1.54) is 0 Å². The second-order valence-electron chi connectivity index (χ2n) is 5.83. The van der Waals surface area contributed by atoms with Gasteiger partial charge in [0.15, 0.2) is 0 Å². The van der Waals surface area contributed by atoms with Crippen LogP contribution in [0.25, 0.3) is 0 Å². The van der Waals surface area contributed by atoms with Crippen molar-refractivity contribution in [3.63, 3.8) is 0 Å². The molecule has 1 aliphatic heterocycles. The maximum absolute atomic E-state index is 12.3. The molecule has 1 N–H and O–H groups in total. The quantitative estimate of drug-likeness (QED) is 0.926. The van der Waals surface area contributed by atoms with E-state index in [9.17, 15) is 4.79 Å². The van der Waals surface area contributed by atoms with Crippen LogP contribution in [0.1, 0.15) is 28.4 Å². The first-order valence-electron chi connectivity index (χ1n) is 7.85. The van der Waals surface area contributed by atoms with E-state index in [2.05, 4.69) is 25.2 Å². The maximum atomic E-state index is 12.3. The third kappa shape index (κ3) is 4.04. The van der Waals surface area contributed by atoms with Crippen LogP contribution in [-0.4, -0.2) is 40.0 Å². The van der Waals surface area contributed by atoms with E-state index >= 15 is 0 Å². The summed E-state index contributed by atoms with van der Waals surface area (Å²) in [6.45, 7) is 5.72. The standard InChI is InChI=1S/C16H21N5OS/c1-11-14(19-12(2)23-11)8-16(22)20-13-4-3-7-21(10-13)15-9-17-5-6-18-15/h5-6,9,13H,3-4,7-8,10H2,1-2H3,(H,20,22). The number of aromatic nitrogens is 3. The van der Waals surface area contributed by atoms with Gasteiger partial charge in [0, 0.05) is 36.4 Å². The average molecular weight is 331 g/mol. The molecule has 1 fully saturated rings. The van der Waals surface area contributed by atoms with Crippen LogP contribution in [0.4, 0.5) is 5.82 Å². The number of nitrogens with one attached hydrogen (secondary N) is 1. The van der Waals surface area contributed by atoms with Gasteiger partial charge >= 0.3 is 0 Å². The third-order valence-electron chi connectivity index (χ3n) is 3.99. The Labute approximate surface area is 140 Å². The average Bonchev–Trinajstić information content (AvgIpc) is 2.86. The molecule has 2 aromatic heterocycles. The van der Waals surface area contributed by atoms with Crippen LogP contribution in [0.3, 0.4) is 0 Å². The third-order valence-corrected chi connectivity index (χ3v) is 4.92. The van der Waals surface area contributed by atoms with Crippen LogP contribution < -0.4 is 10.2 Å². The van der Waals surface area contributed by atoms with E-state index in [-0.39, 0.29) is 11.9 Å². The Morgan fingerprint density at radius 1 is 1.43 bits per heavy atom. The zero-order valence-electron chi connectivity index (χ0n) is 13.5. The molecule has 0 bridgehead atoms. The van der Waals surface area contributed by atoms with Crippen LogP contribution in [-0.2, 0) is 11.2 Å². The van der Waals surface area contributed by atoms with Gasteiger partial charge in [-0.05, 0) is 26.7 Å². The van der Waals surface area contributed by atoms with Crippen LogP contribution in [0.2, 0.25) is 0 Å². The van der Waals surface area contributed by atoms with E-state index in [0.29, 0.717) is 6.42 Å². The lowest BCUT2D eigenvalue weighted by Crippen LogP contribution is -2.48. The van der Waals surface area contributed by atoms with E-state index < -0.39 is 0 Å². The number of amides is 1. The summed E-state index contributed by atoms with van der Waals surface area (Å²) in [5.41, 5.74) is 0.895. The van der Waals surface area contributed by atoms with Gasteiger partial charge in [0.05, 0.1) is 23.3 Å². The second-order valence-corrected chi connectivity index (χ2v) is 7.24. The molecule has 0 radical (unpaired) electrons. The SMILES string of the molecule is Cc1nc(CC(=O)NC2CCCN(c3cnccn3)C2)c(C)s1. The zero-order valence-corrected chi connectivity index (χ0v) is 14.3. The highest BCUT2D eigenvalue weighted by Gasteiger charge is 2.23. The molecule has 1 aliphatic rings. The molecule has 0 spiro atoms. The normalized spacial score (nSPS) is 18.0. The maximum Gasteiger partial charge on any atom is 0.226 e. The number of hydrogen-bond acceptors (Lipinski definition) is 6. The topological polar surface area (TPSA) is 71.0 Å². The van der Waals surface area contributed by atoms with Crippen molar-refractivity contribution in [1.82, 2.24) is 20.3 Å². The van der Waals surface area contributed by atoms with Crippen molar-refractivity contribution in [2.45, 2.75) is 39.2 Å². The number of anilines is 1. The van der Waals surface area contributed by atoms with Gasteiger partial charge in [-0.2, -0.15) is 0 Å². The highest BCUT2D eigenvalue weighted by atomic mass is 32.1. The second kappa shape index (κ2) is 7.04. The Balaban J connectivity index is 1.57. The monoisotopic (exact) mass is 331 g/mol. The van der Waals surface area contributed by atoms with Crippen LogP contribution in [0.15, 0.2) is 18.6 Å². The highest BCUT2D eigenvalue weighted by molar-refractivity contribution is 7.11. The minimum atomic E-state index is 0.0457. The number of piperidine rings is 1. The molecule has 0 aromatic carbocycles. The van der Waals surface area contributed by atoms with Crippen molar-refractivity contribution in [3.05, 3.63) is 34.2 Å². The fourth-order valence-corrected chi connectivity index (χ4v) is 3.76. The lowest BCUT2D eigenvalue weighted by molar-refractivity contribution is -0.121. The predicted octanol–water partition coefficient (Wildman–Crippen LogP) is 1.88. The van der Waals surface area contributed by atoms with Crippen molar-refractivity contribution < 1.29 is 4.79 Å². The Hall–Kier alpha value is -2.02. The van der Waals surface area contributed by atoms with Gasteiger partial charge in [-0.15, -0.1) is 11.3 Å². The molecule has 3 heterocycles. The van der Waals surface area contributed by atoms with Crippen LogP contribution in [0.5, 0.6) is 0 Å². The Bertz CT molecular complexity index is 672. The van der Waals surface area contributed by atoms with Crippen LogP contribution >= 0.6 is 11.3 Å². The lowest BCUT2D eigenvalue weighted by Gasteiger charge is -2.33. The summed E-state index contributed by atoms with van der Waals surface area (Å²) in [5, 5.41) is 4.15. The Morgan fingerprint density at radius 3 is 3.00 bits per heavy atom. The van der Waals surface area contributed by atoms with Crippen LogP contribution in [0, 0.1) is 13.8 Å². The molecule has 1 atom stereocenters. The minimum absolute atomic E-state index is 0.0457. The first-order chi connectivity index (χ1) is 11.1. The summed E-state index contributed by atoms with van der Waals surface area (Å²) >= 11 is 1.64. The largest absolute Gasteiger partial charge is 0.353 e. The number of aryl methyl sites for hydroxylation is 2. The van der Waals surface area contributed by atoms with Gasteiger partial charge in [0.1, 0.15) is 5.82 Å². The van der Waals surface area contributed by atoms with Crippen molar-refractivity contribution >= 4 is 23.1 Å². The van der Waals surface area contributed by atoms with Gasteiger partial charge in [-0.25, -0.2) is 9.97 Å². The van der Waals surface area contributed by atoms with Gasteiger partial charge in [0.25, 0.3) is 0 Å². The molecule has 1 amide bonds. The zero-order chi connectivity index (χ0) is 16.2. The number of hydrogen-bond donors (Lipinski definition) is 1. The summed E-state index contributed by atoms with van der Waals surface area (Å²) in [5.74, 6) is 0.918. The molecule has 122 valence electrons. The summed E-state index contributed by atoms with van der Waals surface area (Å²) in [4.78, 5) is 28.5. The molecule has 0 saturated carbocycles. The molecule has 0 aliphatic carbocycles. The molecule has 2 aromatic rings. The molecular weight excluding hydrogens is 310 g/mol. The van der Waals surface area contributed by atoms with E-state index in [1.807, 2.05) is 13.8 Å². The summed E-state index contributed by atoms with van der Waals surface area (Å²) in [6.07, 6.45) is 7.53. The molecule has 1 saturated heterocycles. The molecule has 6 nitrogen and oxygen atoms in total. The van der Waals surface area contributed by atoms with Gasteiger partial charge in [-0.3, -0.25) is 9.78 Å². The molecule has 7 heteroatoms. The number of carbonyl (C=O) groups is 1. The van der Waals surface area contributed by atoms with E-state index in [1.54, 1.807) is 29.9 Å². The fourth-order valence-electron chi connectivity index (χ4n) is 2.92. The summed E-state index contributed by atoms with van der Waals surface area (Å²) < 4.78 is 0. The first-order valence-corrected chi connectivity index (χ1v) is 8.66. The first kappa shape index (κ1) is 15.9.